The van der Waals surface area contributed by atoms with Crippen LogP contribution in [0.1, 0.15) is 34.3 Å². The number of benzene rings is 4. The van der Waals surface area contributed by atoms with Crippen LogP contribution in [0.5, 0.6) is 0 Å². The molecule has 2 N–H and O–H groups in total. The van der Waals surface area contributed by atoms with Gasteiger partial charge in [-0.2, -0.15) is 0 Å². The summed E-state index contributed by atoms with van der Waals surface area (Å²) in [5.41, 5.74) is 7.75. The highest BCUT2D eigenvalue weighted by Gasteiger charge is 2.34. The second-order valence-corrected chi connectivity index (χ2v) is 12.9. The first-order valence-corrected chi connectivity index (χ1v) is 16.1. The minimum atomic E-state index is -0.334. The first-order valence-electron chi connectivity index (χ1n) is 16.1. The molecule has 0 aliphatic carbocycles. The van der Waals surface area contributed by atoms with Gasteiger partial charge in [-0.3, -0.25) is 9.69 Å². The Hall–Kier alpha value is -4.82. The number of amides is 2. The Morgan fingerprint density at radius 3 is 2.16 bits per heavy atom. The third kappa shape index (κ3) is 4.23. The number of fused-ring (bicyclic) bond motifs is 9. The Bertz CT molecular complexity index is 2140. The molecule has 1 saturated heterocycles. The van der Waals surface area contributed by atoms with E-state index in [0.29, 0.717) is 19.7 Å². The fourth-order valence-corrected chi connectivity index (χ4v) is 8.16. The van der Waals surface area contributed by atoms with E-state index in [9.17, 15) is 9.59 Å². The topological polar surface area (TPSA) is 80.5 Å². The molecule has 2 aromatic heterocycles. The van der Waals surface area contributed by atoms with Crippen molar-refractivity contribution >= 4 is 55.6 Å². The van der Waals surface area contributed by atoms with Crippen LogP contribution >= 0.6 is 0 Å². The molecular formula is C37H35N5O3. The smallest absolute Gasteiger partial charge is 0.407 e. The average Bonchev–Trinajstić information content (AvgIpc) is 3.67. The molecule has 0 spiro atoms. The number of hydrogen-bond donors (Lipinski definition) is 2. The van der Waals surface area contributed by atoms with Gasteiger partial charge in [0.1, 0.15) is 0 Å². The van der Waals surface area contributed by atoms with Crippen LogP contribution in [0.2, 0.25) is 0 Å². The minimum Gasteiger partial charge on any atom is -0.449 e. The van der Waals surface area contributed by atoms with Gasteiger partial charge in [-0.1, -0.05) is 66.7 Å². The molecule has 0 radical (unpaired) electrons. The lowest BCUT2D eigenvalue weighted by atomic mass is 9.97. The quantitative estimate of drug-likeness (QED) is 0.249. The monoisotopic (exact) mass is 597 g/mol. The van der Waals surface area contributed by atoms with Gasteiger partial charge in [0.25, 0.3) is 5.91 Å². The van der Waals surface area contributed by atoms with Crippen LogP contribution in [-0.4, -0.2) is 51.8 Å². The highest BCUT2D eigenvalue weighted by atomic mass is 16.5. The number of rotatable bonds is 5. The van der Waals surface area contributed by atoms with Gasteiger partial charge in [-0.25, -0.2) is 4.79 Å². The molecule has 3 aliphatic heterocycles. The van der Waals surface area contributed by atoms with Crippen molar-refractivity contribution in [1.29, 1.82) is 0 Å². The van der Waals surface area contributed by atoms with Crippen LogP contribution in [0.4, 0.5) is 4.79 Å². The lowest BCUT2D eigenvalue weighted by molar-refractivity contribution is 0.0966. The number of ether oxygens (including phenoxy) is 1. The van der Waals surface area contributed by atoms with Crippen LogP contribution in [0.25, 0.3) is 43.6 Å². The maximum Gasteiger partial charge on any atom is 0.407 e. The van der Waals surface area contributed by atoms with Gasteiger partial charge in [0.2, 0.25) is 0 Å². The van der Waals surface area contributed by atoms with E-state index in [-0.39, 0.29) is 24.0 Å². The molecule has 1 atom stereocenters. The summed E-state index contributed by atoms with van der Waals surface area (Å²) in [5.74, 6) is 0.0517. The molecule has 8 heteroatoms. The zero-order valence-electron chi connectivity index (χ0n) is 25.1. The first kappa shape index (κ1) is 26.6. The van der Waals surface area contributed by atoms with Gasteiger partial charge >= 0.3 is 6.09 Å². The summed E-state index contributed by atoms with van der Waals surface area (Å²) in [7, 11) is 0. The molecule has 9 rings (SSSR count). The van der Waals surface area contributed by atoms with Gasteiger partial charge in [0.15, 0.2) is 0 Å². The second kappa shape index (κ2) is 10.4. The van der Waals surface area contributed by atoms with Crippen molar-refractivity contribution in [3.05, 3.63) is 95.6 Å². The number of para-hydroxylation sites is 2. The average molecular weight is 598 g/mol. The largest absolute Gasteiger partial charge is 0.449 e. The molecule has 8 nitrogen and oxygen atoms in total. The van der Waals surface area contributed by atoms with Crippen LogP contribution in [0.15, 0.2) is 78.9 Å². The van der Waals surface area contributed by atoms with Crippen LogP contribution in [-0.2, 0) is 30.9 Å². The van der Waals surface area contributed by atoms with Crippen LogP contribution < -0.4 is 10.6 Å². The second-order valence-electron chi connectivity index (χ2n) is 12.9. The maximum absolute atomic E-state index is 13.3. The van der Waals surface area contributed by atoms with Gasteiger partial charge in [-0.05, 0) is 36.1 Å². The Kier molecular flexibility index (Phi) is 6.13. The minimum absolute atomic E-state index is 0.00154. The summed E-state index contributed by atoms with van der Waals surface area (Å²) in [5, 5.41) is 10.7. The predicted molar refractivity (Wildman–Crippen MR) is 176 cm³/mol. The number of carbonyl (C=O) groups is 2. The fraction of sp³-hybridized carbons (Fsp3) is 0.297. The van der Waals surface area contributed by atoms with E-state index in [0.717, 1.165) is 88.2 Å². The van der Waals surface area contributed by atoms with Crippen molar-refractivity contribution in [1.82, 2.24) is 24.7 Å². The number of hydrogen-bond acceptors (Lipinski definition) is 4. The molecule has 0 bridgehead atoms. The number of nitrogens with one attached hydrogen (secondary N) is 2. The van der Waals surface area contributed by atoms with Crippen LogP contribution in [0.3, 0.4) is 0 Å². The molecule has 1 unspecified atom stereocenters. The third-order valence-corrected chi connectivity index (χ3v) is 10.2. The fourth-order valence-electron chi connectivity index (χ4n) is 8.16. The van der Waals surface area contributed by atoms with Crippen molar-refractivity contribution in [3.8, 4) is 0 Å². The van der Waals surface area contributed by atoms with E-state index in [1.54, 1.807) is 0 Å². The molecule has 45 heavy (non-hydrogen) atoms. The normalized spacial score (nSPS) is 18.6. The van der Waals surface area contributed by atoms with Gasteiger partial charge < -0.3 is 24.5 Å². The summed E-state index contributed by atoms with van der Waals surface area (Å²) in [4.78, 5) is 28.9. The Labute approximate surface area is 260 Å². The zero-order valence-corrected chi connectivity index (χ0v) is 25.1. The third-order valence-electron chi connectivity index (χ3n) is 10.2. The van der Waals surface area contributed by atoms with Gasteiger partial charge in [0.05, 0.1) is 23.2 Å². The lowest BCUT2D eigenvalue weighted by Crippen LogP contribution is -2.44. The van der Waals surface area contributed by atoms with Crippen molar-refractivity contribution in [2.24, 2.45) is 5.92 Å². The Morgan fingerprint density at radius 1 is 0.822 bits per heavy atom. The SMILES string of the molecule is O=C(NC1CCN(Cc2ccccc2)CC1)OCC1Cn2c3ccccc3c3c4c(c5c6ccccc6n(c5c32)C1)C(=O)NC4. The highest BCUT2D eigenvalue weighted by Crippen LogP contribution is 2.46. The summed E-state index contributed by atoms with van der Waals surface area (Å²) >= 11 is 0. The van der Waals surface area contributed by atoms with Crippen molar-refractivity contribution in [2.45, 2.75) is 45.1 Å². The predicted octanol–water partition coefficient (Wildman–Crippen LogP) is 6.17. The number of nitrogens with zero attached hydrogens (tertiary/aromatic N) is 3. The maximum atomic E-state index is 13.3. The van der Waals surface area contributed by atoms with Crippen molar-refractivity contribution < 1.29 is 14.3 Å². The Balaban J connectivity index is 1.00. The summed E-state index contributed by atoms with van der Waals surface area (Å²) < 4.78 is 10.8. The lowest BCUT2D eigenvalue weighted by Gasteiger charge is -2.32. The van der Waals surface area contributed by atoms with Gasteiger partial charge in [-0.15, -0.1) is 0 Å². The first-order chi connectivity index (χ1) is 22.1. The molecule has 2 amide bonds. The molecule has 6 aromatic rings. The zero-order chi connectivity index (χ0) is 30.1. The summed E-state index contributed by atoms with van der Waals surface area (Å²) in [6, 6.07) is 27.6. The standard InChI is InChI=1S/C37H35N5O3/c43-36-33-28(18-38-36)31-26-10-4-6-12-29(26)41-20-24(21-42-30-13-7-5-11-27(30)32(33)35(42)34(31)41)22-45-37(44)39-25-14-16-40(17-15-25)19-23-8-2-1-3-9-23/h1-13,24-25H,14-22H2,(H,38,43)(H,39,44). The Morgan fingerprint density at radius 2 is 1.44 bits per heavy atom. The summed E-state index contributed by atoms with van der Waals surface area (Å²) in [6.07, 6.45) is 1.50. The van der Waals surface area contributed by atoms with E-state index in [2.05, 4.69) is 91.4 Å². The molecule has 0 saturated carbocycles. The number of piperidine rings is 1. The number of carbonyl (C=O) groups excluding carboxylic acids is 2. The van der Waals surface area contributed by atoms with E-state index < -0.39 is 0 Å². The van der Waals surface area contributed by atoms with Crippen molar-refractivity contribution in [3.63, 3.8) is 0 Å². The van der Waals surface area contributed by atoms with E-state index in [1.807, 2.05) is 12.1 Å². The molecule has 5 heterocycles. The number of likely N-dealkylation sites (tertiary alicyclic amines) is 1. The van der Waals surface area contributed by atoms with E-state index in [4.69, 9.17) is 4.74 Å². The summed E-state index contributed by atoms with van der Waals surface area (Å²) in [6.45, 7) is 5.12. The highest BCUT2D eigenvalue weighted by molar-refractivity contribution is 6.30. The molecular weight excluding hydrogens is 562 g/mol. The molecule has 226 valence electrons. The van der Waals surface area contributed by atoms with E-state index >= 15 is 0 Å². The van der Waals surface area contributed by atoms with Crippen LogP contribution in [0, 0.1) is 5.92 Å². The molecule has 4 aromatic carbocycles. The van der Waals surface area contributed by atoms with Gasteiger partial charge in [0, 0.05) is 83.8 Å². The van der Waals surface area contributed by atoms with Crippen molar-refractivity contribution in [2.75, 3.05) is 19.7 Å². The van der Waals surface area contributed by atoms with E-state index in [1.165, 1.54) is 11.1 Å². The molecule has 1 fully saturated rings. The number of aromatic nitrogens is 2. The number of alkyl carbamates (subject to hydrolysis) is 1. The molecule has 3 aliphatic rings.